The van der Waals surface area contributed by atoms with Crippen molar-refractivity contribution in [3.63, 3.8) is 0 Å². The highest BCUT2D eigenvalue weighted by Gasteiger charge is 2.16. The van der Waals surface area contributed by atoms with Crippen LogP contribution in [0, 0.1) is 0 Å². The van der Waals surface area contributed by atoms with E-state index in [2.05, 4.69) is 0 Å². The third-order valence-corrected chi connectivity index (χ3v) is 2.19. The van der Waals surface area contributed by atoms with Crippen LogP contribution >= 0.6 is 12.2 Å². The van der Waals surface area contributed by atoms with Crippen molar-refractivity contribution in [2.75, 3.05) is 7.05 Å². The summed E-state index contributed by atoms with van der Waals surface area (Å²) in [6.45, 7) is 3.80. The first-order valence-corrected chi connectivity index (χ1v) is 4.46. The molecule has 0 aliphatic heterocycles. The third-order valence-electron chi connectivity index (χ3n) is 1.85. The molecule has 0 aromatic rings. The molecule has 0 saturated carbocycles. The molecular weight excluding hydrogens is 172 g/mol. The van der Waals surface area contributed by atoms with Crippen molar-refractivity contribution in [3.05, 3.63) is 0 Å². The molecule has 0 aromatic heterocycles. The Labute approximate surface area is 78.9 Å². The Morgan fingerprint density at radius 1 is 1.67 bits per heavy atom. The van der Waals surface area contributed by atoms with Crippen molar-refractivity contribution in [2.45, 2.75) is 32.7 Å². The number of amides is 1. The van der Waals surface area contributed by atoms with E-state index in [1.807, 2.05) is 13.8 Å². The van der Waals surface area contributed by atoms with Gasteiger partial charge in [0.05, 0.1) is 11.0 Å². The first kappa shape index (κ1) is 11.4. The van der Waals surface area contributed by atoms with Crippen LogP contribution in [0.3, 0.4) is 0 Å². The van der Waals surface area contributed by atoms with Crippen molar-refractivity contribution >= 4 is 23.1 Å². The standard InChI is InChI=1S/C8H16N2OS/c1-4-5-7(11)10(3)6(2)8(9)12/h6H,4-5H2,1-3H3,(H2,9,12). The Bertz CT molecular complexity index is 182. The zero-order valence-corrected chi connectivity index (χ0v) is 8.65. The van der Waals surface area contributed by atoms with Crippen molar-refractivity contribution < 1.29 is 4.79 Å². The second-order valence-corrected chi connectivity index (χ2v) is 3.30. The van der Waals surface area contributed by atoms with Gasteiger partial charge in [0.2, 0.25) is 5.91 Å². The van der Waals surface area contributed by atoms with E-state index in [1.54, 1.807) is 11.9 Å². The molecule has 1 atom stereocenters. The van der Waals surface area contributed by atoms with E-state index in [0.29, 0.717) is 11.4 Å². The zero-order chi connectivity index (χ0) is 9.72. The second-order valence-electron chi connectivity index (χ2n) is 2.83. The average molecular weight is 188 g/mol. The van der Waals surface area contributed by atoms with Gasteiger partial charge >= 0.3 is 0 Å². The number of nitrogens with zero attached hydrogens (tertiary/aromatic N) is 1. The Morgan fingerprint density at radius 3 is 2.50 bits per heavy atom. The van der Waals surface area contributed by atoms with Gasteiger partial charge in [-0.25, -0.2) is 0 Å². The van der Waals surface area contributed by atoms with Gasteiger partial charge in [0.15, 0.2) is 0 Å². The van der Waals surface area contributed by atoms with Gasteiger partial charge in [-0.3, -0.25) is 4.79 Å². The molecule has 0 saturated heterocycles. The molecule has 12 heavy (non-hydrogen) atoms. The van der Waals surface area contributed by atoms with Gasteiger partial charge in [0, 0.05) is 13.5 Å². The lowest BCUT2D eigenvalue weighted by molar-refractivity contribution is -0.130. The van der Waals surface area contributed by atoms with Gasteiger partial charge in [-0.1, -0.05) is 19.1 Å². The molecule has 3 nitrogen and oxygen atoms in total. The maximum absolute atomic E-state index is 11.3. The van der Waals surface area contributed by atoms with Crippen LogP contribution < -0.4 is 5.73 Å². The van der Waals surface area contributed by atoms with Crippen molar-refractivity contribution in [1.29, 1.82) is 0 Å². The smallest absolute Gasteiger partial charge is 0.222 e. The molecule has 2 N–H and O–H groups in total. The maximum atomic E-state index is 11.3. The summed E-state index contributed by atoms with van der Waals surface area (Å²) < 4.78 is 0. The van der Waals surface area contributed by atoms with Gasteiger partial charge in [0.25, 0.3) is 0 Å². The summed E-state index contributed by atoms with van der Waals surface area (Å²) in [4.78, 5) is 13.3. The fourth-order valence-corrected chi connectivity index (χ4v) is 0.955. The van der Waals surface area contributed by atoms with E-state index < -0.39 is 0 Å². The fraction of sp³-hybridized carbons (Fsp3) is 0.750. The summed E-state index contributed by atoms with van der Waals surface area (Å²) in [5.74, 6) is 0.0952. The van der Waals surface area contributed by atoms with E-state index in [4.69, 9.17) is 18.0 Å². The molecule has 0 heterocycles. The normalized spacial score (nSPS) is 12.2. The van der Waals surface area contributed by atoms with Crippen LogP contribution in [0.5, 0.6) is 0 Å². The molecule has 4 heteroatoms. The summed E-state index contributed by atoms with van der Waals surface area (Å²) in [5, 5.41) is 0. The van der Waals surface area contributed by atoms with Crippen molar-refractivity contribution in [3.8, 4) is 0 Å². The number of likely N-dealkylation sites (N-methyl/N-ethyl adjacent to an activating group) is 1. The van der Waals surface area contributed by atoms with E-state index in [0.717, 1.165) is 6.42 Å². The molecule has 0 spiro atoms. The van der Waals surface area contributed by atoms with Crippen molar-refractivity contribution in [1.82, 2.24) is 4.90 Å². The van der Waals surface area contributed by atoms with Crippen molar-refractivity contribution in [2.24, 2.45) is 5.73 Å². The number of thiocarbonyl (C=S) groups is 1. The monoisotopic (exact) mass is 188 g/mol. The molecule has 0 radical (unpaired) electrons. The van der Waals surface area contributed by atoms with Crippen LogP contribution in [0.1, 0.15) is 26.7 Å². The number of carbonyl (C=O) groups excluding carboxylic acids is 1. The van der Waals surface area contributed by atoms with Crippen LogP contribution in [0.2, 0.25) is 0 Å². The Balaban J connectivity index is 4.09. The predicted molar refractivity (Wildman–Crippen MR) is 53.9 cm³/mol. The molecular formula is C8H16N2OS. The maximum Gasteiger partial charge on any atom is 0.222 e. The van der Waals surface area contributed by atoms with Gasteiger partial charge in [0.1, 0.15) is 0 Å². The largest absolute Gasteiger partial charge is 0.392 e. The lowest BCUT2D eigenvalue weighted by atomic mass is 10.2. The summed E-state index contributed by atoms with van der Waals surface area (Å²) >= 11 is 4.78. The highest BCUT2D eigenvalue weighted by molar-refractivity contribution is 7.80. The molecule has 1 amide bonds. The Kier molecular flexibility index (Phi) is 4.81. The molecule has 0 bridgehead atoms. The van der Waals surface area contributed by atoms with E-state index in [9.17, 15) is 4.79 Å². The van der Waals surface area contributed by atoms with Crippen LogP contribution in [0.25, 0.3) is 0 Å². The molecule has 0 aliphatic rings. The summed E-state index contributed by atoms with van der Waals surface area (Å²) in [6.07, 6.45) is 1.41. The highest BCUT2D eigenvalue weighted by atomic mass is 32.1. The molecule has 0 fully saturated rings. The van der Waals surface area contributed by atoms with E-state index >= 15 is 0 Å². The number of carbonyl (C=O) groups is 1. The van der Waals surface area contributed by atoms with E-state index in [-0.39, 0.29) is 11.9 Å². The van der Waals surface area contributed by atoms with Gasteiger partial charge < -0.3 is 10.6 Å². The van der Waals surface area contributed by atoms with Gasteiger partial charge in [-0.05, 0) is 13.3 Å². The second kappa shape index (κ2) is 5.09. The lowest BCUT2D eigenvalue weighted by Crippen LogP contribution is -2.42. The number of nitrogens with two attached hydrogens (primary N) is 1. The highest BCUT2D eigenvalue weighted by Crippen LogP contribution is 2.00. The molecule has 0 aliphatic carbocycles. The van der Waals surface area contributed by atoms with Gasteiger partial charge in [-0.15, -0.1) is 0 Å². The van der Waals surface area contributed by atoms with Crippen LogP contribution in [0.4, 0.5) is 0 Å². The minimum atomic E-state index is -0.140. The Morgan fingerprint density at radius 2 is 2.17 bits per heavy atom. The molecule has 70 valence electrons. The first-order valence-electron chi connectivity index (χ1n) is 4.05. The topological polar surface area (TPSA) is 46.3 Å². The average Bonchev–Trinajstić information content (AvgIpc) is 2.02. The predicted octanol–water partition coefficient (Wildman–Crippen LogP) is 0.920. The SMILES string of the molecule is CCCC(=O)N(C)C(C)C(N)=S. The van der Waals surface area contributed by atoms with Crippen LogP contribution in [-0.2, 0) is 4.79 Å². The molecule has 1 unspecified atom stereocenters. The van der Waals surface area contributed by atoms with Crippen LogP contribution in [0.15, 0.2) is 0 Å². The Hall–Kier alpha value is -0.640. The quantitative estimate of drug-likeness (QED) is 0.667. The number of hydrogen-bond donors (Lipinski definition) is 1. The lowest BCUT2D eigenvalue weighted by Gasteiger charge is -2.23. The number of hydrogen-bond acceptors (Lipinski definition) is 2. The first-order chi connectivity index (χ1) is 5.50. The summed E-state index contributed by atoms with van der Waals surface area (Å²) in [5.41, 5.74) is 5.41. The zero-order valence-electron chi connectivity index (χ0n) is 7.83. The molecule has 0 rings (SSSR count). The summed E-state index contributed by atoms with van der Waals surface area (Å²) in [7, 11) is 1.72. The van der Waals surface area contributed by atoms with E-state index in [1.165, 1.54) is 0 Å². The summed E-state index contributed by atoms with van der Waals surface area (Å²) in [6, 6.07) is -0.140. The van der Waals surface area contributed by atoms with Crippen LogP contribution in [-0.4, -0.2) is 28.9 Å². The van der Waals surface area contributed by atoms with Gasteiger partial charge in [-0.2, -0.15) is 0 Å². The minimum Gasteiger partial charge on any atom is -0.392 e. The third kappa shape index (κ3) is 3.17. The minimum absolute atomic E-state index is 0.0952. The number of rotatable bonds is 4. The fourth-order valence-electron chi connectivity index (χ4n) is 0.797. The molecule has 0 aromatic carbocycles.